The smallest absolute Gasteiger partial charge is 0.193 e. The van der Waals surface area contributed by atoms with Gasteiger partial charge in [-0.15, -0.1) is 0 Å². The van der Waals surface area contributed by atoms with Crippen LogP contribution in [-0.2, 0) is 0 Å². The highest BCUT2D eigenvalue weighted by Gasteiger charge is 2.17. The van der Waals surface area contributed by atoms with E-state index >= 15 is 0 Å². The summed E-state index contributed by atoms with van der Waals surface area (Å²) in [6.07, 6.45) is 7.89. The lowest BCUT2D eigenvalue weighted by Crippen LogP contribution is -2.34. The molecule has 2 rings (SSSR count). The lowest BCUT2D eigenvalue weighted by molar-refractivity contribution is 0.191. The van der Waals surface area contributed by atoms with Crippen molar-refractivity contribution < 1.29 is 4.74 Å². The Morgan fingerprint density at radius 1 is 1.35 bits per heavy atom. The highest BCUT2D eigenvalue weighted by molar-refractivity contribution is 5.92. The highest BCUT2D eigenvalue weighted by atomic mass is 16.5. The van der Waals surface area contributed by atoms with Gasteiger partial charge >= 0.3 is 0 Å². The van der Waals surface area contributed by atoms with Gasteiger partial charge in [-0.3, -0.25) is 4.99 Å². The van der Waals surface area contributed by atoms with Gasteiger partial charge in [-0.2, -0.15) is 0 Å². The summed E-state index contributed by atoms with van der Waals surface area (Å²) >= 11 is 0. The van der Waals surface area contributed by atoms with Gasteiger partial charge in [0, 0.05) is 24.3 Å². The maximum atomic E-state index is 5.94. The number of methoxy groups -OCH3 is 1. The van der Waals surface area contributed by atoms with Crippen LogP contribution in [0.5, 0.6) is 5.75 Å². The van der Waals surface area contributed by atoms with E-state index in [-0.39, 0.29) is 0 Å². The van der Waals surface area contributed by atoms with Gasteiger partial charge in [0.1, 0.15) is 5.75 Å². The Morgan fingerprint density at radius 2 is 2.13 bits per heavy atom. The largest absolute Gasteiger partial charge is 0.497 e. The summed E-state index contributed by atoms with van der Waals surface area (Å²) in [7, 11) is 3.89. The minimum Gasteiger partial charge on any atom is -0.497 e. The number of benzene rings is 1. The number of aliphatic imine (C=N–C) groups is 1. The average molecular weight is 318 g/mol. The summed E-state index contributed by atoms with van der Waals surface area (Å²) in [6, 6.07) is 8.44. The lowest BCUT2D eigenvalue weighted by atomic mass is 9.94. The van der Waals surface area contributed by atoms with Crippen molar-refractivity contribution in [2.24, 2.45) is 10.7 Å². The number of guanidine groups is 1. The standard InChI is InChI=1S/C18H30N4O/c1-22(16-9-4-3-5-10-16)13-7-12-20-18(19)21-15-8-6-11-17(14-15)23-2/h6,8,11,14,16H,3-5,7,9-10,12-13H2,1-2H3,(H3,19,20,21). The molecule has 1 saturated carbocycles. The molecular formula is C18H30N4O. The number of nitrogens with zero attached hydrogens (tertiary/aromatic N) is 2. The van der Waals surface area contributed by atoms with E-state index in [1.165, 1.54) is 32.1 Å². The van der Waals surface area contributed by atoms with E-state index < -0.39 is 0 Å². The number of hydrogen-bond donors (Lipinski definition) is 2. The molecule has 1 aliphatic carbocycles. The Hall–Kier alpha value is -1.75. The normalized spacial score (nSPS) is 16.6. The van der Waals surface area contributed by atoms with Gasteiger partial charge in [-0.05, 0) is 45.0 Å². The third-order valence-electron chi connectivity index (χ3n) is 4.49. The van der Waals surface area contributed by atoms with Crippen molar-refractivity contribution in [3.05, 3.63) is 24.3 Å². The van der Waals surface area contributed by atoms with E-state index in [1.807, 2.05) is 24.3 Å². The number of nitrogens with one attached hydrogen (secondary N) is 1. The molecule has 0 spiro atoms. The topological polar surface area (TPSA) is 62.9 Å². The highest BCUT2D eigenvalue weighted by Crippen LogP contribution is 2.21. The third kappa shape index (κ3) is 6.10. The van der Waals surface area contributed by atoms with E-state index in [0.717, 1.165) is 37.0 Å². The zero-order chi connectivity index (χ0) is 16.5. The molecule has 0 heterocycles. The van der Waals surface area contributed by atoms with Crippen molar-refractivity contribution in [3.63, 3.8) is 0 Å². The van der Waals surface area contributed by atoms with E-state index in [9.17, 15) is 0 Å². The first-order chi connectivity index (χ1) is 11.2. The summed E-state index contributed by atoms with van der Waals surface area (Å²) in [5.74, 6) is 1.26. The van der Waals surface area contributed by atoms with E-state index in [4.69, 9.17) is 10.5 Å². The predicted octanol–water partition coefficient (Wildman–Crippen LogP) is 3.08. The molecule has 1 fully saturated rings. The SMILES string of the molecule is COc1cccc(NC(N)=NCCCN(C)C2CCCCC2)c1. The fraction of sp³-hybridized carbons (Fsp3) is 0.611. The van der Waals surface area contributed by atoms with Crippen LogP contribution in [0.3, 0.4) is 0 Å². The molecule has 0 unspecified atom stereocenters. The monoisotopic (exact) mass is 318 g/mol. The molecule has 5 heteroatoms. The zero-order valence-corrected chi connectivity index (χ0v) is 14.4. The fourth-order valence-corrected chi connectivity index (χ4v) is 3.11. The van der Waals surface area contributed by atoms with Crippen LogP contribution in [-0.4, -0.2) is 44.1 Å². The van der Waals surface area contributed by atoms with Crippen LogP contribution in [0.4, 0.5) is 5.69 Å². The van der Waals surface area contributed by atoms with Gasteiger partial charge in [0.25, 0.3) is 0 Å². The van der Waals surface area contributed by atoms with Crippen molar-refractivity contribution in [1.82, 2.24) is 4.90 Å². The third-order valence-corrected chi connectivity index (χ3v) is 4.49. The molecule has 3 N–H and O–H groups in total. The van der Waals surface area contributed by atoms with Crippen molar-refractivity contribution in [1.29, 1.82) is 0 Å². The predicted molar refractivity (Wildman–Crippen MR) is 97.2 cm³/mol. The molecule has 0 bridgehead atoms. The number of rotatable bonds is 7. The van der Waals surface area contributed by atoms with Crippen LogP contribution in [0.15, 0.2) is 29.3 Å². The lowest BCUT2D eigenvalue weighted by Gasteiger charge is -2.30. The van der Waals surface area contributed by atoms with Crippen LogP contribution in [0.1, 0.15) is 38.5 Å². The van der Waals surface area contributed by atoms with Crippen LogP contribution >= 0.6 is 0 Å². The summed E-state index contributed by atoms with van der Waals surface area (Å²) in [5, 5.41) is 3.10. The summed E-state index contributed by atoms with van der Waals surface area (Å²) in [6.45, 7) is 1.83. The second-order valence-corrected chi connectivity index (χ2v) is 6.25. The Bertz CT molecular complexity index is 498. The maximum Gasteiger partial charge on any atom is 0.193 e. The molecule has 0 atom stereocenters. The number of ether oxygens (including phenoxy) is 1. The molecule has 1 aromatic carbocycles. The number of nitrogens with two attached hydrogens (primary N) is 1. The molecule has 1 aliphatic rings. The minimum atomic E-state index is 0.457. The molecule has 0 aromatic heterocycles. The second kappa shape index (κ2) is 9.40. The van der Waals surface area contributed by atoms with Crippen LogP contribution in [0.2, 0.25) is 0 Å². The second-order valence-electron chi connectivity index (χ2n) is 6.25. The van der Waals surface area contributed by atoms with Crippen LogP contribution < -0.4 is 15.8 Å². The quantitative estimate of drug-likeness (QED) is 0.461. The molecule has 0 aliphatic heterocycles. The molecule has 128 valence electrons. The van der Waals surface area contributed by atoms with Gasteiger partial charge in [0.2, 0.25) is 0 Å². The van der Waals surface area contributed by atoms with Gasteiger partial charge in [-0.25, -0.2) is 0 Å². The van der Waals surface area contributed by atoms with E-state index in [0.29, 0.717) is 5.96 Å². The Labute approximate surface area is 139 Å². The van der Waals surface area contributed by atoms with Gasteiger partial charge in [0.15, 0.2) is 5.96 Å². The van der Waals surface area contributed by atoms with Gasteiger partial charge < -0.3 is 20.7 Å². The average Bonchev–Trinajstić information content (AvgIpc) is 2.59. The Kier molecular flexibility index (Phi) is 7.20. The molecule has 0 amide bonds. The van der Waals surface area contributed by atoms with Crippen molar-refractivity contribution in [2.75, 3.05) is 32.6 Å². The fourth-order valence-electron chi connectivity index (χ4n) is 3.11. The van der Waals surface area contributed by atoms with Crippen LogP contribution in [0, 0.1) is 0 Å². The first kappa shape index (κ1) is 17.6. The van der Waals surface area contributed by atoms with Crippen molar-refractivity contribution >= 4 is 11.6 Å². The first-order valence-corrected chi connectivity index (χ1v) is 8.60. The molecule has 23 heavy (non-hydrogen) atoms. The molecule has 1 aromatic rings. The Balaban J connectivity index is 1.69. The first-order valence-electron chi connectivity index (χ1n) is 8.60. The number of hydrogen-bond acceptors (Lipinski definition) is 3. The molecular weight excluding hydrogens is 288 g/mol. The molecule has 5 nitrogen and oxygen atoms in total. The van der Waals surface area contributed by atoms with Crippen molar-refractivity contribution in [2.45, 2.75) is 44.6 Å². The molecule has 0 radical (unpaired) electrons. The molecule has 0 saturated heterocycles. The maximum absolute atomic E-state index is 5.94. The minimum absolute atomic E-state index is 0.457. The Morgan fingerprint density at radius 3 is 2.87 bits per heavy atom. The zero-order valence-electron chi connectivity index (χ0n) is 14.4. The van der Waals surface area contributed by atoms with Gasteiger partial charge in [-0.1, -0.05) is 25.3 Å². The van der Waals surface area contributed by atoms with E-state index in [1.54, 1.807) is 7.11 Å². The summed E-state index contributed by atoms with van der Waals surface area (Å²) < 4.78 is 5.19. The summed E-state index contributed by atoms with van der Waals surface area (Å²) in [4.78, 5) is 6.89. The van der Waals surface area contributed by atoms with E-state index in [2.05, 4.69) is 22.3 Å². The van der Waals surface area contributed by atoms with Crippen molar-refractivity contribution in [3.8, 4) is 5.75 Å². The van der Waals surface area contributed by atoms with Crippen LogP contribution in [0.25, 0.3) is 0 Å². The number of anilines is 1. The van der Waals surface area contributed by atoms with Gasteiger partial charge in [0.05, 0.1) is 7.11 Å². The summed E-state index contributed by atoms with van der Waals surface area (Å²) in [5.41, 5.74) is 6.83.